The molecule has 0 radical (unpaired) electrons. The molecule has 9 nitrogen and oxygen atoms in total. The molecule has 1 unspecified atom stereocenters. The maximum atomic E-state index is 14.7. The summed E-state index contributed by atoms with van der Waals surface area (Å²) >= 11 is 1.17. The fourth-order valence-electron chi connectivity index (χ4n) is 3.06. The minimum atomic E-state index is -3.84. The zero-order valence-corrected chi connectivity index (χ0v) is 18.5. The molecule has 164 valence electrons. The van der Waals surface area contributed by atoms with Gasteiger partial charge < -0.3 is 10.3 Å². The minimum absolute atomic E-state index is 0.308. The van der Waals surface area contributed by atoms with Gasteiger partial charge in [-0.05, 0) is 36.6 Å². The van der Waals surface area contributed by atoms with E-state index in [2.05, 4.69) is 15.1 Å². The molecular formula is C19H21FN6O3S2. The number of pyridine rings is 1. The molecule has 1 saturated carbocycles. The second-order valence-electron chi connectivity index (χ2n) is 7.52. The van der Waals surface area contributed by atoms with Crippen LogP contribution in [0.2, 0.25) is 0 Å². The number of sulfonamides is 1. The van der Waals surface area contributed by atoms with Crippen LogP contribution in [-0.2, 0) is 10.0 Å². The molecule has 0 aliphatic heterocycles. The van der Waals surface area contributed by atoms with Gasteiger partial charge in [0.2, 0.25) is 16.0 Å². The normalized spacial score (nSPS) is 15.1. The van der Waals surface area contributed by atoms with Gasteiger partial charge in [0.15, 0.2) is 5.82 Å². The van der Waals surface area contributed by atoms with Gasteiger partial charge in [0.25, 0.3) is 5.89 Å². The number of nitrogens with one attached hydrogen (secondary N) is 1. The third-order valence-corrected chi connectivity index (χ3v) is 8.37. The molecule has 1 atom stereocenters. The third-order valence-electron chi connectivity index (χ3n) is 5.03. The summed E-state index contributed by atoms with van der Waals surface area (Å²) in [7, 11) is -2.64. The highest BCUT2D eigenvalue weighted by atomic mass is 32.2. The van der Waals surface area contributed by atoms with Gasteiger partial charge >= 0.3 is 0 Å². The second kappa shape index (κ2) is 8.00. The average Bonchev–Trinajstić information content (AvgIpc) is 3.31. The van der Waals surface area contributed by atoms with Gasteiger partial charge in [-0.2, -0.15) is 4.98 Å². The first-order valence-electron chi connectivity index (χ1n) is 9.56. The maximum Gasteiger partial charge on any atom is 0.276 e. The van der Waals surface area contributed by atoms with E-state index in [0.717, 1.165) is 12.8 Å². The van der Waals surface area contributed by atoms with Gasteiger partial charge in [-0.15, -0.1) is 11.3 Å². The number of rotatable bonds is 7. The van der Waals surface area contributed by atoms with E-state index < -0.39 is 27.7 Å². The van der Waals surface area contributed by atoms with Gasteiger partial charge in [-0.1, -0.05) is 12.1 Å². The van der Waals surface area contributed by atoms with E-state index in [-0.39, 0.29) is 5.75 Å². The fraction of sp³-hybridized carbons (Fsp3) is 0.368. The highest BCUT2D eigenvalue weighted by molar-refractivity contribution is 7.89. The summed E-state index contributed by atoms with van der Waals surface area (Å²) in [6.07, 6.45) is 3.69. The Morgan fingerprint density at radius 2 is 2.19 bits per heavy atom. The molecule has 1 aliphatic carbocycles. The molecule has 3 aromatic heterocycles. The minimum Gasteiger partial charge on any atom is -0.369 e. The lowest BCUT2D eigenvalue weighted by Gasteiger charge is -2.19. The number of hydrogen-bond acceptors (Lipinski definition) is 8. The second-order valence-corrected chi connectivity index (χ2v) is 10.6. The number of nitrogens with zero attached hydrogens (tertiary/aromatic N) is 4. The highest BCUT2D eigenvalue weighted by Crippen LogP contribution is 2.39. The van der Waals surface area contributed by atoms with Crippen molar-refractivity contribution >= 4 is 27.3 Å². The first kappa shape index (κ1) is 21.4. The summed E-state index contributed by atoms with van der Waals surface area (Å²) < 4.78 is 45.4. The Morgan fingerprint density at radius 3 is 2.87 bits per heavy atom. The Balaban J connectivity index is 1.58. The van der Waals surface area contributed by atoms with Crippen LogP contribution in [0.4, 0.5) is 4.39 Å². The molecular weight excluding hydrogens is 443 g/mol. The SMILES string of the molecule is CC(CS(=O)(=O)N(C)C(=N)N)c1sc(-c2ccnc(-c3nc(C4CC4)no3)c2)cc1F. The smallest absolute Gasteiger partial charge is 0.276 e. The first-order chi connectivity index (χ1) is 14.7. The van der Waals surface area contributed by atoms with Crippen molar-refractivity contribution in [3.8, 4) is 22.0 Å². The summed E-state index contributed by atoms with van der Waals surface area (Å²) in [4.78, 5) is 9.60. The van der Waals surface area contributed by atoms with Gasteiger partial charge in [0.05, 0.1) is 5.75 Å². The topological polar surface area (TPSA) is 139 Å². The molecule has 31 heavy (non-hydrogen) atoms. The van der Waals surface area contributed by atoms with E-state index in [1.54, 1.807) is 25.3 Å². The molecule has 0 aromatic carbocycles. The standard InChI is InChI=1S/C19H21FN6O3S2/c1-10(9-31(27,28)26(2)19(21)22)16-13(20)8-15(30-16)12-5-6-23-14(7-12)18-24-17(25-29-18)11-3-4-11/h5-8,10-11H,3-4,9H2,1-2H3,(H3,21,22). The van der Waals surface area contributed by atoms with Crippen molar-refractivity contribution in [3.05, 3.63) is 40.9 Å². The summed E-state index contributed by atoms with van der Waals surface area (Å²) in [5.41, 5.74) is 6.47. The van der Waals surface area contributed by atoms with E-state index in [0.29, 0.717) is 42.9 Å². The van der Waals surface area contributed by atoms with E-state index in [1.165, 1.54) is 24.5 Å². The summed E-state index contributed by atoms with van der Waals surface area (Å²) in [5, 5.41) is 11.3. The zero-order chi connectivity index (χ0) is 22.3. The molecule has 0 spiro atoms. The molecule has 3 heterocycles. The predicted octanol–water partition coefficient (Wildman–Crippen LogP) is 3.14. The van der Waals surface area contributed by atoms with Crippen molar-refractivity contribution in [1.82, 2.24) is 19.4 Å². The van der Waals surface area contributed by atoms with Crippen LogP contribution in [0.15, 0.2) is 28.9 Å². The number of halogens is 1. The van der Waals surface area contributed by atoms with E-state index in [9.17, 15) is 12.8 Å². The summed E-state index contributed by atoms with van der Waals surface area (Å²) in [6, 6.07) is 4.85. The Labute approximate surface area is 182 Å². The summed E-state index contributed by atoms with van der Waals surface area (Å²) in [6.45, 7) is 1.63. The number of thiophene rings is 1. The molecule has 1 fully saturated rings. The summed E-state index contributed by atoms with van der Waals surface area (Å²) in [5.74, 6) is -0.716. The van der Waals surface area contributed by atoms with Gasteiger partial charge in [-0.25, -0.2) is 17.1 Å². The third kappa shape index (κ3) is 4.44. The van der Waals surface area contributed by atoms with Crippen LogP contribution in [0.1, 0.15) is 42.3 Å². The van der Waals surface area contributed by atoms with Crippen molar-refractivity contribution in [3.63, 3.8) is 0 Å². The molecule has 0 bridgehead atoms. The Kier molecular flexibility index (Phi) is 5.52. The molecule has 1 aliphatic rings. The Morgan fingerprint density at radius 1 is 1.45 bits per heavy atom. The van der Waals surface area contributed by atoms with Crippen LogP contribution < -0.4 is 5.73 Å². The molecule has 3 N–H and O–H groups in total. The van der Waals surface area contributed by atoms with Crippen molar-refractivity contribution in [2.75, 3.05) is 12.8 Å². The first-order valence-corrected chi connectivity index (χ1v) is 12.0. The van der Waals surface area contributed by atoms with E-state index in [1.807, 2.05) is 0 Å². The lowest BCUT2D eigenvalue weighted by Crippen LogP contribution is -2.40. The van der Waals surface area contributed by atoms with Gasteiger partial charge in [-0.3, -0.25) is 10.4 Å². The van der Waals surface area contributed by atoms with Crippen molar-refractivity contribution < 1.29 is 17.3 Å². The molecule has 0 saturated heterocycles. The predicted molar refractivity (Wildman–Crippen MR) is 115 cm³/mol. The maximum absolute atomic E-state index is 14.7. The van der Waals surface area contributed by atoms with E-state index >= 15 is 0 Å². The lowest BCUT2D eigenvalue weighted by molar-refractivity contribution is 0.421. The van der Waals surface area contributed by atoms with Crippen molar-refractivity contribution in [2.45, 2.75) is 31.6 Å². The molecule has 0 amide bonds. The largest absolute Gasteiger partial charge is 0.369 e. The van der Waals surface area contributed by atoms with Crippen LogP contribution in [0.5, 0.6) is 0 Å². The number of guanidine groups is 1. The van der Waals surface area contributed by atoms with Crippen molar-refractivity contribution in [2.24, 2.45) is 5.73 Å². The van der Waals surface area contributed by atoms with Gasteiger partial charge in [0.1, 0.15) is 11.5 Å². The number of hydrogen-bond donors (Lipinski definition) is 2. The Bertz CT molecular complexity index is 1240. The van der Waals surface area contributed by atoms with E-state index in [4.69, 9.17) is 15.7 Å². The number of aromatic nitrogens is 3. The Hall–Kier alpha value is -2.86. The average molecular weight is 465 g/mol. The van der Waals surface area contributed by atoms with Crippen LogP contribution in [-0.4, -0.2) is 46.6 Å². The van der Waals surface area contributed by atoms with Crippen molar-refractivity contribution in [1.29, 1.82) is 5.41 Å². The van der Waals surface area contributed by atoms with Crippen LogP contribution in [0, 0.1) is 11.2 Å². The quantitative estimate of drug-likeness (QED) is 0.404. The highest BCUT2D eigenvalue weighted by Gasteiger charge is 2.29. The number of nitrogens with two attached hydrogens (primary N) is 1. The lowest BCUT2D eigenvalue weighted by atomic mass is 10.1. The molecule has 3 aromatic rings. The van der Waals surface area contributed by atoms with Crippen LogP contribution >= 0.6 is 11.3 Å². The molecule has 4 rings (SSSR count). The van der Waals surface area contributed by atoms with Crippen LogP contribution in [0.3, 0.4) is 0 Å². The van der Waals surface area contributed by atoms with Crippen LogP contribution in [0.25, 0.3) is 22.0 Å². The zero-order valence-electron chi connectivity index (χ0n) is 16.9. The van der Waals surface area contributed by atoms with Gasteiger partial charge in [0, 0.05) is 34.8 Å². The molecule has 12 heteroatoms. The monoisotopic (exact) mass is 464 g/mol. The fourth-order valence-corrected chi connectivity index (χ4v) is 5.57.